The first-order chi connectivity index (χ1) is 23.8. The minimum absolute atomic E-state index is 0.0221. The van der Waals surface area contributed by atoms with Crippen molar-refractivity contribution in [2.45, 2.75) is 52.4 Å². The number of guanidine groups is 1. The summed E-state index contributed by atoms with van der Waals surface area (Å²) >= 11 is 17.1. The van der Waals surface area contributed by atoms with Crippen LogP contribution < -0.4 is 21.3 Å². The Balaban J connectivity index is 1.30. The van der Waals surface area contributed by atoms with Gasteiger partial charge in [-0.3, -0.25) is 24.6 Å². The topological polar surface area (TPSA) is 185 Å². The van der Waals surface area contributed by atoms with Crippen molar-refractivity contribution in [2.75, 3.05) is 19.7 Å². The van der Waals surface area contributed by atoms with Crippen molar-refractivity contribution >= 4 is 64.6 Å². The highest BCUT2D eigenvalue weighted by Gasteiger charge is 2.74. The lowest BCUT2D eigenvalue weighted by Crippen LogP contribution is -2.78. The number of carbonyl (C=O) groups excluding carboxylic acids is 4. The van der Waals surface area contributed by atoms with Crippen LogP contribution in [0.1, 0.15) is 28.8 Å². The molecular weight excluding hydrogens is 746 g/mol. The van der Waals surface area contributed by atoms with E-state index in [2.05, 4.69) is 32.8 Å². The van der Waals surface area contributed by atoms with Gasteiger partial charge in [-0.25, -0.2) is 9.79 Å². The van der Waals surface area contributed by atoms with Gasteiger partial charge in [0.1, 0.15) is 12.6 Å². The molecule has 4 amide bonds. The molecule has 4 atom stereocenters. The second kappa shape index (κ2) is 13.0. The van der Waals surface area contributed by atoms with Crippen LogP contribution in [0.15, 0.2) is 65.9 Å². The predicted molar refractivity (Wildman–Crippen MR) is 176 cm³/mol. The third kappa shape index (κ3) is 6.75. The third-order valence-electron chi connectivity index (χ3n) is 8.99. The minimum atomic E-state index is -4.62. The number of alkyl carbamates (subject to hydrolysis) is 1. The van der Waals surface area contributed by atoms with Gasteiger partial charge in [0.25, 0.3) is 5.91 Å². The SMILES string of the molecule is C=C1NC2[C@H](CN3C(=O)CCC3=O)N=C(NC(=O)OCC(Cl)(Cl)Cl)N3CC(NC(=O)c4ccc(-c5ccccc5C(F)(F)F)cc4)C(O)(O)C23N1. The number of imide groups is 1. The smallest absolute Gasteiger partial charge is 0.417 e. The number of rotatable bonds is 6. The van der Waals surface area contributed by atoms with E-state index in [4.69, 9.17) is 39.5 Å². The van der Waals surface area contributed by atoms with E-state index in [1.54, 1.807) is 0 Å². The summed E-state index contributed by atoms with van der Waals surface area (Å²) in [4.78, 5) is 58.2. The molecule has 20 heteroatoms. The molecule has 3 unspecified atom stereocenters. The summed E-state index contributed by atoms with van der Waals surface area (Å²) in [6, 6.07) is 6.39. The van der Waals surface area contributed by atoms with Crippen LogP contribution >= 0.6 is 34.8 Å². The van der Waals surface area contributed by atoms with Gasteiger partial charge < -0.3 is 35.8 Å². The van der Waals surface area contributed by atoms with E-state index >= 15 is 0 Å². The number of alkyl halides is 6. The molecule has 6 N–H and O–H groups in total. The van der Waals surface area contributed by atoms with Crippen molar-refractivity contribution < 1.29 is 47.3 Å². The summed E-state index contributed by atoms with van der Waals surface area (Å²) in [5.41, 5.74) is -2.83. The van der Waals surface area contributed by atoms with Gasteiger partial charge in [0.2, 0.25) is 27.4 Å². The largest absolute Gasteiger partial charge is 0.445 e. The molecule has 2 aromatic rings. The summed E-state index contributed by atoms with van der Waals surface area (Å²) in [6.45, 7) is 2.43. The Hall–Kier alpha value is -4.29. The molecule has 14 nitrogen and oxygen atoms in total. The Morgan fingerprint density at radius 1 is 1.06 bits per heavy atom. The van der Waals surface area contributed by atoms with E-state index in [9.17, 15) is 42.6 Å². The Morgan fingerprint density at radius 2 is 1.71 bits per heavy atom. The van der Waals surface area contributed by atoms with E-state index < -0.39 is 82.1 Å². The molecule has 6 rings (SSSR count). The molecule has 0 radical (unpaired) electrons. The van der Waals surface area contributed by atoms with Crippen molar-refractivity contribution in [3.8, 4) is 11.1 Å². The maximum Gasteiger partial charge on any atom is 0.417 e. The first kappa shape index (κ1) is 36.5. The number of hydrogen-bond acceptors (Lipinski definition) is 11. The molecule has 3 fully saturated rings. The van der Waals surface area contributed by atoms with Crippen LogP contribution in [0.2, 0.25) is 0 Å². The number of carbonyl (C=O) groups is 4. The van der Waals surface area contributed by atoms with Gasteiger partial charge in [0.05, 0.1) is 30.0 Å². The second-order valence-corrected chi connectivity index (χ2v) is 14.7. The number of nitrogens with zero attached hydrogens (tertiary/aromatic N) is 3. The lowest BCUT2D eigenvalue weighted by Gasteiger charge is -2.49. The first-order valence-corrected chi connectivity index (χ1v) is 16.4. The van der Waals surface area contributed by atoms with E-state index in [1.807, 2.05) is 0 Å². The van der Waals surface area contributed by atoms with Crippen LogP contribution in [0.25, 0.3) is 11.1 Å². The van der Waals surface area contributed by atoms with Crippen molar-refractivity contribution in [1.29, 1.82) is 0 Å². The van der Waals surface area contributed by atoms with Gasteiger partial charge in [-0.15, -0.1) is 0 Å². The molecule has 4 heterocycles. The Bertz CT molecular complexity index is 1810. The Morgan fingerprint density at radius 3 is 2.33 bits per heavy atom. The van der Waals surface area contributed by atoms with Crippen molar-refractivity contribution in [1.82, 2.24) is 31.1 Å². The lowest BCUT2D eigenvalue weighted by atomic mass is 9.85. The van der Waals surface area contributed by atoms with Crippen molar-refractivity contribution in [2.24, 2.45) is 4.99 Å². The zero-order chi connectivity index (χ0) is 37.1. The van der Waals surface area contributed by atoms with Crippen LogP contribution in [0.3, 0.4) is 0 Å². The quantitative estimate of drug-likeness (QED) is 0.145. The first-order valence-electron chi connectivity index (χ1n) is 15.3. The number of aliphatic hydroxyl groups is 2. The van der Waals surface area contributed by atoms with Crippen LogP contribution in [0.5, 0.6) is 0 Å². The van der Waals surface area contributed by atoms with E-state index in [0.29, 0.717) is 0 Å². The highest BCUT2D eigenvalue weighted by atomic mass is 35.6. The second-order valence-electron chi connectivity index (χ2n) is 12.2. The Labute approximate surface area is 302 Å². The monoisotopic (exact) mass is 773 g/mol. The summed E-state index contributed by atoms with van der Waals surface area (Å²) in [5, 5.41) is 34.6. The summed E-state index contributed by atoms with van der Waals surface area (Å²) in [7, 11) is 0. The van der Waals surface area contributed by atoms with Gasteiger partial charge >= 0.3 is 12.3 Å². The number of aliphatic imine (C=N–C) groups is 1. The standard InChI is InChI=1S/C31H29Cl3F3N7O7/c1-15-38-24-20(12-43-22(45)10-11-23(43)46)39-26(41-27(48)51-14-28(32,33)34)44-13-21(30(49,50)29(24,44)42-15)40-25(47)17-8-6-16(7-9-17)18-4-2-3-5-19(18)31(35,36)37/h2-9,20-21,24,38,42,49-50H,1,10-14H2,(H,40,47)(H,39,41,48)/t20-,21?,24?,29?/m0/s1. The molecule has 51 heavy (non-hydrogen) atoms. The van der Waals surface area contributed by atoms with Crippen LogP contribution in [-0.4, -0.2) is 103 Å². The van der Waals surface area contributed by atoms with Gasteiger partial charge in [-0.2, -0.15) is 13.2 Å². The maximum atomic E-state index is 13.6. The zero-order valence-corrected chi connectivity index (χ0v) is 28.4. The molecular formula is C31H29Cl3F3N7O7. The van der Waals surface area contributed by atoms with Gasteiger partial charge in [-0.1, -0.05) is 71.7 Å². The highest BCUT2D eigenvalue weighted by Crippen LogP contribution is 2.45. The molecule has 4 aliphatic rings. The third-order valence-corrected chi connectivity index (χ3v) is 9.32. The van der Waals surface area contributed by atoms with Crippen LogP contribution in [0.4, 0.5) is 18.0 Å². The normalized spacial score (nSPS) is 25.5. The number of nitrogens with one attached hydrogen (secondary N) is 4. The number of halogens is 6. The lowest BCUT2D eigenvalue weighted by molar-refractivity contribution is -0.231. The zero-order valence-electron chi connectivity index (χ0n) is 26.1. The molecule has 0 aliphatic carbocycles. The van der Waals surface area contributed by atoms with Crippen LogP contribution in [-0.2, 0) is 20.5 Å². The molecule has 0 aromatic heterocycles. The number of likely N-dealkylation sites (tertiary alicyclic amines) is 1. The number of amides is 4. The number of ether oxygens (including phenoxy) is 1. The fourth-order valence-corrected chi connectivity index (χ4v) is 6.91. The molecule has 2 aromatic carbocycles. The molecule has 3 saturated heterocycles. The number of benzene rings is 2. The Kier molecular flexibility index (Phi) is 9.33. The maximum absolute atomic E-state index is 13.6. The van der Waals surface area contributed by atoms with E-state index in [0.717, 1.165) is 11.0 Å². The van der Waals surface area contributed by atoms with Crippen LogP contribution in [0, 0.1) is 0 Å². The average Bonchev–Trinajstić information content (AvgIpc) is 3.65. The molecule has 272 valence electrons. The number of hydrogen-bond donors (Lipinski definition) is 6. The molecule has 0 bridgehead atoms. The van der Waals surface area contributed by atoms with Crippen molar-refractivity contribution in [3.05, 3.63) is 72.1 Å². The summed E-state index contributed by atoms with van der Waals surface area (Å²) in [6.07, 6.45) is -5.84. The fourth-order valence-electron chi connectivity index (χ4n) is 6.75. The van der Waals surface area contributed by atoms with Gasteiger partial charge in [0.15, 0.2) is 5.66 Å². The van der Waals surface area contributed by atoms with Gasteiger partial charge in [-0.05, 0) is 29.3 Å². The van der Waals surface area contributed by atoms with Crippen molar-refractivity contribution in [3.63, 3.8) is 0 Å². The highest BCUT2D eigenvalue weighted by molar-refractivity contribution is 6.67. The summed E-state index contributed by atoms with van der Waals surface area (Å²) < 4.78 is 43.8. The molecule has 1 spiro atoms. The minimum Gasteiger partial charge on any atom is -0.445 e. The summed E-state index contributed by atoms with van der Waals surface area (Å²) in [5.74, 6) is -4.90. The average molecular weight is 775 g/mol. The molecule has 0 saturated carbocycles. The van der Waals surface area contributed by atoms with E-state index in [1.165, 1.54) is 47.4 Å². The van der Waals surface area contributed by atoms with E-state index in [-0.39, 0.29) is 47.9 Å². The molecule has 4 aliphatic heterocycles. The van der Waals surface area contributed by atoms with Gasteiger partial charge in [0, 0.05) is 24.9 Å². The predicted octanol–water partition coefficient (Wildman–Crippen LogP) is 2.18. The fraction of sp³-hybridized carbons (Fsp3) is 0.387.